The van der Waals surface area contributed by atoms with Gasteiger partial charge in [-0.25, -0.2) is 0 Å². The summed E-state index contributed by atoms with van der Waals surface area (Å²) in [6, 6.07) is 16.4. The molecule has 8 heteroatoms. The Bertz CT molecular complexity index is 1130. The van der Waals surface area contributed by atoms with E-state index in [1.807, 2.05) is 64.4 Å². The molecule has 2 saturated heterocycles. The van der Waals surface area contributed by atoms with Crippen molar-refractivity contribution in [2.24, 2.45) is 0 Å². The number of hydrogen-bond donors (Lipinski definition) is 0. The zero-order chi connectivity index (χ0) is 27.0. The topological polar surface area (TPSA) is 65.6 Å². The predicted molar refractivity (Wildman–Crippen MR) is 152 cm³/mol. The third-order valence-electron chi connectivity index (χ3n) is 8.14. The molecule has 3 aliphatic rings. The Labute approximate surface area is 231 Å². The summed E-state index contributed by atoms with van der Waals surface area (Å²) in [7, 11) is 1.61. The molecule has 1 aliphatic carbocycles. The largest absolute Gasteiger partial charge is 0.493 e. The van der Waals surface area contributed by atoms with Crippen molar-refractivity contribution in [2.45, 2.75) is 31.9 Å². The van der Waals surface area contributed by atoms with E-state index in [0.717, 1.165) is 43.3 Å². The zero-order valence-electron chi connectivity index (χ0n) is 23.0. The average molecular weight is 533 g/mol. The van der Waals surface area contributed by atoms with Gasteiger partial charge in [-0.1, -0.05) is 42.8 Å². The number of carbonyl (C=O) groups excluding carboxylic acids is 2. The van der Waals surface area contributed by atoms with E-state index in [9.17, 15) is 9.59 Å². The third kappa shape index (κ3) is 7.19. The van der Waals surface area contributed by atoms with Crippen LogP contribution in [0.5, 0.6) is 11.5 Å². The highest BCUT2D eigenvalue weighted by atomic mass is 16.5. The van der Waals surface area contributed by atoms with Crippen LogP contribution < -0.4 is 9.47 Å². The van der Waals surface area contributed by atoms with Crippen molar-refractivity contribution >= 4 is 17.9 Å². The van der Waals surface area contributed by atoms with E-state index in [2.05, 4.69) is 9.80 Å². The molecule has 8 nitrogen and oxygen atoms in total. The summed E-state index contributed by atoms with van der Waals surface area (Å²) < 4.78 is 11.4. The summed E-state index contributed by atoms with van der Waals surface area (Å²) in [6.07, 6.45) is 7.40. The van der Waals surface area contributed by atoms with Gasteiger partial charge >= 0.3 is 0 Å². The minimum Gasteiger partial charge on any atom is -0.493 e. The summed E-state index contributed by atoms with van der Waals surface area (Å²) in [5.41, 5.74) is 1.95. The van der Waals surface area contributed by atoms with Crippen molar-refractivity contribution in [3.05, 3.63) is 65.7 Å². The van der Waals surface area contributed by atoms with Crippen LogP contribution in [-0.2, 0) is 16.2 Å². The first-order valence-corrected chi connectivity index (χ1v) is 14.1. The summed E-state index contributed by atoms with van der Waals surface area (Å²) in [5, 5.41) is 0. The minimum absolute atomic E-state index is 0.0172. The lowest BCUT2D eigenvalue weighted by atomic mass is 9.91. The molecule has 0 atom stereocenters. The number of nitrogens with zero attached hydrogens (tertiary/aromatic N) is 4. The number of piperazine rings is 2. The second-order valence-corrected chi connectivity index (χ2v) is 10.6. The van der Waals surface area contributed by atoms with Crippen LogP contribution in [0, 0.1) is 0 Å². The van der Waals surface area contributed by atoms with Gasteiger partial charge in [0.05, 0.1) is 13.7 Å². The van der Waals surface area contributed by atoms with Gasteiger partial charge in [-0.05, 0) is 42.2 Å². The molecular formula is C31H40N4O4. The first-order chi connectivity index (χ1) is 19.1. The quantitative estimate of drug-likeness (QED) is 0.463. The molecule has 3 fully saturated rings. The van der Waals surface area contributed by atoms with E-state index < -0.39 is 0 Å². The Morgan fingerprint density at radius 1 is 0.872 bits per heavy atom. The molecule has 2 aromatic carbocycles. The summed E-state index contributed by atoms with van der Waals surface area (Å²) in [4.78, 5) is 34.3. The normalized spacial score (nSPS) is 19.2. The molecule has 208 valence electrons. The van der Waals surface area contributed by atoms with Crippen molar-refractivity contribution in [3.8, 4) is 11.5 Å². The van der Waals surface area contributed by atoms with Crippen molar-refractivity contribution in [3.63, 3.8) is 0 Å². The maximum Gasteiger partial charge on any atom is 0.246 e. The number of hydrogen-bond acceptors (Lipinski definition) is 6. The highest BCUT2D eigenvalue weighted by Gasteiger charge is 2.30. The van der Waals surface area contributed by atoms with Gasteiger partial charge in [-0.15, -0.1) is 0 Å². The van der Waals surface area contributed by atoms with Crippen molar-refractivity contribution in [1.82, 2.24) is 19.6 Å². The molecule has 0 aromatic heterocycles. The molecule has 2 aliphatic heterocycles. The van der Waals surface area contributed by atoms with E-state index in [1.54, 1.807) is 13.2 Å². The van der Waals surface area contributed by atoms with Gasteiger partial charge in [-0.3, -0.25) is 19.4 Å². The van der Waals surface area contributed by atoms with E-state index >= 15 is 0 Å². The standard InChI is InChI=1S/C31H40N4O4/c1-38-29-22-25(10-12-28(29)39-24-26-6-3-2-4-7-26)11-13-30(36)34-16-14-32(15-17-34)23-31(37)35-20-18-33(19-21-35)27-8-5-9-27/h2-4,6-7,10-13,22,27H,5,8-9,14-21,23-24H2,1H3/b13-11+. The monoisotopic (exact) mass is 532 g/mol. The van der Waals surface area contributed by atoms with Gasteiger partial charge < -0.3 is 19.3 Å². The lowest BCUT2D eigenvalue weighted by Crippen LogP contribution is -2.56. The predicted octanol–water partition coefficient (Wildman–Crippen LogP) is 3.13. The molecule has 5 rings (SSSR count). The lowest BCUT2D eigenvalue weighted by Gasteiger charge is -2.43. The molecule has 1 saturated carbocycles. The van der Waals surface area contributed by atoms with Crippen LogP contribution in [0.4, 0.5) is 0 Å². The molecular weight excluding hydrogens is 492 g/mol. The molecule has 0 radical (unpaired) electrons. The fraction of sp³-hybridized carbons (Fsp3) is 0.484. The van der Waals surface area contributed by atoms with Crippen LogP contribution in [0.2, 0.25) is 0 Å². The first kappa shape index (κ1) is 27.2. The summed E-state index contributed by atoms with van der Waals surface area (Å²) in [5.74, 6) is 1.49. The van der Waals surface area contributed by atoms with Crippen molar-refractivity contribution in [1.29, 1.82) is 0 Å². The smallest absolute Gasteiger partial charge is 0.246 e. The van der Waals surface area contributed by atoms with Gasteiger partial charge in [-0.2, -0.15) is 0 Å². The Morgan fingerprint density at radius 3 is 2.26 bits per heavy atom. The lowest BCUT2D eigenvalue weighted by molar-refractivity contribution is -0.135. The second-order valence-electron chi connectivity index (χ2n) is 10.6. The van der Waals surface area contributed by atoms with Crippen LogP contribution in [0.25, 0.3) is 6.08 Å². The minimum atomic E-state index is -0.0172. The molecule has 0 unspecified atom stereocenters. The third-order valence-corrected chi connectivity index (χ3v) is 8.14. The van der Waals surface area contributed by atoms with Crippen LogP contribution in [0.3, 0.4) is 0 Å². The Hall–Kier alpha value is -3.36. The van der Waals surface area contributed by atoms with Gasteiger partial charge in [0.25, 0.3) is 0 Å². The Morgan fingerprint density at radius 2 is 1.59 bits per heavy atom. The van der Waals surface area contributed by atoms with Crippen LogP contribution in [0.15, 0.2) is 54.6 Å². The number of rotatable bonds is 9. The SMILES string of the molecule is COc1cc(/C=C/C(=O)N2CCN(CC(=O)N3CCN(C4CCC4)CC3)CC2)ccc1OCc1ccccc1. The highest BCUT2D eigenvalue weighted by molar-refractivity contribution is 5.92. The number of benzene rings is 2. The number of amides is 2. The fourth-order valence-electron chi connectivity index (χ4n) is 5.42. The zero-order valence-corrected chi connectivity index (χ0v) is 23.0. The maximum atomic E-state index is 12.8. The van der Waals surface area contributed by atoms with Gasteiger partial charge in [0.15, 0.2) is 11.5 Å². The van der Waals surface area contributed by atoms with Crippen LogP contribution in [0.1, 0.15) is 30.4 Å². The molecule has 0 N–H and O–H groups in total. The number of ether oxygens (including phenoxy) is 2. The molecule has 2 aromatic rings. The van der Waals surface area contributed by atoms with Crippen LogP contribution >= 0.6 is 0 Å². The Balaban J connectivity index is 1.05. The second kappa shape index (κ2) is 13.1. The van der Waals surface area contributed by atoms with Crippen LogP contribution in [-0.4, -0.2) is 103 Å². The fourth-order valence-corrected chi connectivity index (χ4v) is 5.42. The molecule has 0 bridgehead atoms. The maximum absolute atomic E-state index is 12.8. The molecule has 2 heterocycles. The summed E-state index contributed by atoms with van der Waals surface area (Å²) >= 11 is 0. The average Bonchev–Trinajstić information content (AvgIpc) is 2.95. The molecule has 2 amide bonds. The van der Waals surface area contributed by atoms with E-state index in [0.29, 0.717) is 50.8 Å². The highest BCUT2D eigenvalue weighted by Crippen LogP contribution is 2.29. The molecule has 39 heavy (non-hydrogen) atoms. The van der Waals surface area contributed by atoms with E-state index in [-0.39, 0.29) is 11.8 Å². The molecule has 0 spiro atoms. The van der Waals surface area contributed by atoms with Crippen molar-refractivity contribution < 1.29 is 19.1 Å². The van der Waals surface area contributed by atoms with Gasteiger partial charge in [0.1, 0.15) is 6.61 Å². The number of carbonyl (C=O) groups is 2. The van der Waals surface area contributed by atoms with Gasteiger partial charge in [0, 0.05) is 64.5 Å². The Kier molecular flexibility index (Phi) is 9.16. The summed E-state index contributed by atoms with van der Waals surface area (Å²) in [6.45, 7) is 7.26. The van der Waals surface area contributed by atoms with Crippen molar-refractivity contribution in [2.75, 3.05) is 66.0 Å². The number of methoxy groups -OCH3 is 1. The van der Waals surface area contributed by atoms with E-state index in [1.165, 1.54) is 19.3 Å². The van der Waals surface area contributed by atoms with Gasteiger partial charge in [0.2, 0.25) is 11.8 Å². The first-order valence-electron chi connectivity index (χ1n) is 14.1. The van der Waals surface area contributed by atoms with E-state index in [4.69, 9.17) is 9.47 Å².